The van der Waals surface area contributed by atoms with Crippen LogP contribution in [0.3, 0.4) is 0 Å². The van der Waals surface area contributed by atoms with Crippen LogP contribution in [0.25, 0.3) is 33.2 Å². The van der Waals surface area contributed by atoms with Gasteiger partial charge >= 0.3 is 0 Å². The highest BCUT2D eigenvalue weighted by atomic mass is 32.2. The van der Waals surface area contributed by atoms with Gasteiger partial charge in [0.2, 0.25) is 16.0 Å². The molecule has 0 amide bonds. The number of aromatic nitrogens is 5. The van der Waals surface area contributed by atoms with Gasteiger partial charge in [-0.2, -0.15) is 0 Å². The predicted octanol–water partition coefficient (Wildman–Crippen LogP) is 1.27. The van der Waals surface area contributed by atoms with Crippen LogP contribution < -0.4 is 10.6 Å². The molecule has 4 aromatic rings. The van der Waals surface area contributed by atoms with Gasteiger partial charge in [-0.3, -0.25) is 0 Å². The van der Waals surface area contributed by atoms with E-state index in [-0.39, 0.29) is 5.95 Å². The van der Waals surface area contributed by atoms with Crippen LogP contribution in [0, 0.1) is 0 Å². The molecule has 3 aromatic heterocycles. The number of morpholine rings is 1. The lowest BCUT2D eigenvalue weighted by molar-refractivity contribution is 0.122. The van der Waals surface area contributed by atoms with Gasteiger partial charge in [-0.1, -0.05) is 0 Å². The molecule has 1 aliphatic heterocycles. The minimum Gasteiger partial charge on any atom is -0.378 e. The topological polar surface area (TPSA) is 129 Å². The van der Waals surface area contributed by atoms with E-state index in [0.29, 0.717) is 48.7 Å². The summed E-state index contributed by atoms with van der Waals surface area (Å²) < 4.78 is 31.1. The molecule has 154 valence electrons. The minimum atomic E-state index is -3.44. The lowest BCUT2D eigenvalue weighted by Gasteiger charge is -2.29. The maximum atomic E-state index is 12.2. The van der Waals surface area contributed by atoms with E-state index in [0.717, 1.165) is 16.6 Å². The summed E-state index contributed by atoms with van der Waals surface area (Å²) in [5.41, 5.74) is 7.47. The van der Waals surface area contributed by atoms with Gasteiger partial charge in [0.1, 0.15) is 5.82 Å². The van der Waals surface area contributed by atoms with Gasteiger partial charge in [-0.05, 0) is 18.2 Å². The summed E-state index contributed by atoms with van der Waals surface area (Å²) in [4.78, 5) is 19.8. The third-order valence-electron chi connectivity index (χ3n) is 5.08. The molecule has 5 rings (SSSR count). The number of rotatable bonds is 3. The van der Waals surface area contributed by atoms with E-state index in [1.54, 1.807) is 30.7 Å². The number of nitrogen functional groups attached to an aromatic ring is 1. The van der Waals surface area contributed by atoms with Crippen molar-refractivity contribution in [2.45, 2.75) is 0 Å². The zero-order chi connectivity index (χ0) is 20.9. The van der Waals surface area contributed by atoms with E-state index >= 15 is 0 Å². The Balaban J connectivity index is 1.81. The molecule has 0 aliphatic carbocycles. The Morgan fingerprint density at radius 3 is 2.47 bits per heavy atom. The summed E-state index contributed by atoms with van der Waals surface area (Å²) in [6.07, 6.45) is 5.87. The van der Waals surface area contributed by atoms with Crippen LogP contribution in [0.4, 0.5) is 11.8 Å². The summed E-state index contributed by atoms with van der Waals surface area (Å²) in [6, 6.07) is 5.42. The number of hydrogen-bond acceptors (Lipinski definition) is 9. The van der Waals surface area contributed by atoms with Crippen molar-refractivity contribution < 1.29 is 13.2 Å². The average molecular weight is 425 g/mol. The zero-order valence-electron chi connectivity index (χ0n) is 16.2. The summed E-state index contributed by atoms with van der Waals surface area (Å²) in [7, 11) is -3.44. The molecular weight excluding hydrogens is 406 g/mol. The molecule has 0 spiro atoms. The maximum absolute atomic E-state index is 12.2. The van der Waals surface area contributed by atoms with E-state index < -0.39 is 10.0 Å². The normalized spacial score (nSPS) is 15.2. The van der Waals surface area contributed by atoms with E-state index in [4.69, 9.17) is 20.4 Å². The molecule has 0 atom stereocenters. The highest BCUT2D eigenvalue weighted by Crippen LogP contribution is 2.33. The second-order valence-electron chi connectivity index (χ2n) is 7.07. The van der Waals surface area contributed by atoms with E-state index in [9.17, 15) is 8.42 Å². The van der Waals surface area contributed by atoms with E-state index in [2.05, 4.69) is 14.9 Å². The number of fused-ring (bicyclic) bond motifs is 3. The first-order chi connectivity index (χ1) is 14.4. The van der Waals surface area contributed by atoms with Gasteiger partial charge in [0, 0.05) is 42.5 Å². The Bertz CT molecular complexity index is 1360. The van der Waals surface area contributed by atoms with Gasteiger partial charge in [0.25, 0.3) is 0 Å². The molecule has 0 saturated carbocycles. The molecule has 1 aromatic carbocycles. The fourth-order valence-corrected chi connectivity index (χ4v) is 4.46. The molecular formula is C19H19N7O3S. The predicted molar refractivity (Wildman–Crippen MR) is 114 cm³/mol. The van der Waals surface area contributed by atoms with Crippen LogP contribution in [0.5, 0.6) is 0 Å². The lowest BCUT2D eigenvalue weighted by Crippen LogP contribution is -2.37. The summed E-state index contributed by atoms with van der Waals surface area (Å²) in [5.74, 6) is 1.38. The summed E-state index contributed by atoms with van der Waals surface area (Å²) >= 11 is 0. The van der Waals surface area contributed by atoms with Crippen molar-refractivity contribution in [3.05, 3.63) is 36.8 Å². The molecule has 4 heterocycles. The van der Waals surface area contributed by atoms with E-state index in [1.807, 2.05) is 6.07 Å². The SMILES string of the molecule is CS(=O)(=O)n1ccc2c3nc(-c4cnc(N)nc4)nc(N4CCOCC4)c3ccc21. The fourth-order valence-electron chi connectivity index (χ4n) is 3.66. The number of benzene rings is 1. The maximum Gasteiger partial charge on any atom is 0.236 e. The van der Waals surface area contributed by atoms with Gasteiger partial charge in [-0.15, -0.1) is 0 Å². The largest absolute Gasteiger partial charge is 0.378 e. The highest BCUT2D eigenvalue weighted by molar-refractivity contribution is 7.89. The van der Waals surface area contributed by atoms with Gasteiger partial charge in [-0.25, -0.2) is 32.3 Å². The van der Waals surface area contributed by atoms with Crippen LogP contribution >= 0.6 is 0 Å². The lowest BCUT2D eigenvalue weighted by atomic mass is 10.1. The first-order valence-corrected chi connectivity index (χ1v) is 11.2. The summed E-state index contributed by atoms with van der Waals surface area (Å²) in [6.45, 7) is 2.62. The third kappa shape index (κ3) is 3.12. The van der Waals surface area contributed by atoms with Gasteiger partial charge < -0.3 is 15.4 Å². The molecule has 30 heavy (non-hydrogen) atoms. The molecule has 1 fully saturated rings. The van der Waals surface area contributed by atoms with Crippen molar-refractivity contribution in [2.24, 2.45) is 0 Å². The van der Waals surface area contributed by atoms with E-state index in [1.165, 1.54) is 10.2 Å². The van der Waals surface area contributed by atoms with Gasteiger partial charge in [0.05, 0.1) is 36.1 Å². The number of hydrogen-bond donors (Lipinski definition) is 1. The molecule has 2 N–H and O–H groups in total. The highest BCUT2D eigenvalue weighted by Gasteiger charge is 2.21. The molecule has 0 bridgehead atoms. The van der Waals surface area contributed by atoms with Crippen LogP contribution in [-0.2, 0) is 14.8 Å². The van der Waals surface area contributed by atoms with Crippen molar-refractivity contribution >= 4 is 43.6 Å². The summed E-state index contributed by atoms with van der Waals surface area (Å²) in [5, 5.41) is 1.57. The Hall–Kier alpha value is -3.31. The molecule has 1 saturated heterocycles. The zero-order valence-corrected chi connectivity index (χ0v) is 17.0. The smallest absolute Gasteiger partial charge is 0.236 e. The Morgan fingerprint density at radius 2 is 1.77 bits per heavy atom. The van der Waals surface area contributed by atoms with Crippen molar-refractivity contribution in [3.8, 4) is 11.4 Å². The van der Waals surface area contributed by atoms with Crippen molar-refractivity contribution in [1.29, 1.82) is 0 Å². The van der Waals surface area contributed by atoms with Crippen LogP contribution in [0.1, 0.15) is 0 Å². The Kier molecular flexibility index (Phi) is 4.29. The van der Waals surface area contributed by atoms with Crippen molar-refractivity contribution in [3.63, 3.8) is 0 Å². The van der Waals surface area contributed by atoms with Gasteiger partial charge in [0.15, 0.2) is 5.82 Å². The van der Waals surface area contributed by atoms with Crippen LogP contribution in [0.15, 0.2) is 36.8 Å². The molecule has 0 radical (unpaired) electrons. The van der Waals surface area contributed by atoms with Crippen molar-refractivity contribution in [2.75, 3.05) is 43.2 Å². The molecule has 11 heteroatoms. The molecule has 1 aliphatic rings. The molecule has 0 unspecified atom stereocenters. The Labute approximate surface area is 172 Å². The second kappa shape index (κ2) is 6.89. The number of nitrogens with two attached hydrogens (primary N) is 1. The number of nitrogens with zero attached hydrogens (tertiary/aromatic N) is 6. The third-order valence-corrected chi connectivity index (χ3v) is 6.11. The average Bonchev–Trinajstić information content (AvgIpc) is 3.19. The first kappa shape index (κ1) is 18.7. The van der Waals surface area contributed by atoms with Crippen LogP contribution in [0.2, 0.25) is 0 Å². The first-order valence-electron chi connectivity index (χ1n) is 9.35. The monoisotopic (exact) mass is 425 g/mol. The van der Waals surface area contributed by atoms with Crippen LogP contribution in [-0.4, -0.2) is 64.9 Å². The molecule has 10 nitrogen and oxygen atoms in total. The standard InChI is InChI=1S/C19H19N7O3S/c1-30(27,28)26-5-4-13-15(26)3-2-14-16(13)23-17(12-10-21-19(20)22-11-12)24-18(14)25-6-8-29-9-7-25/h2-5,10-11H,6-9H2,1H3,(H2,20,21,22). The Morgan fingerprint density at radius 1 is 1.03 bits per heavy atom. The fraction of sp³-hybridized carbons (Fsp3) is 0.263. The minimum absolute atomic E-state index is 0.167. The number of anilines is 2. The quantitative estimate of drug-likeness (QED) is 0.516. The second-order valence-corrected chi connectivity index (χ2v) is 8.93. The van der Waals surface area contributed by atoms with Crippen molar-refractivity contribution in [1.82, 2.24) is 23.9 Å². The number of ether oxygens (including phenoxy) is 1.